The van der Waals surface area contributed by atoms with E-state index >= 15 is 0 Å². The Kier molecular flexibility index (Phi) is 6.53. The molecule has 0 bridgehead atoms. The lowest BCUT2D eigenvalue weighted by Gasteiger charge is -2.34. The molecule has 7 heteroatoms. The first kappa shape index (κ1) is 23.9. The van der Waals surface area contributed by atoms with Gasteiger partial charge in [-0.2, -0.15) is 0 Å². The number of benzene rings is 3. The van der Waals surface area contributed by atoms with Gasteiger partial charge in [0.1, 0.15) is 17.5 Å². The molecule has 2 aliphatic rings. The Bertz CT molecular complexity index is 1520. The van der Waals surface area contributed by atoms with Crippen LogP contribution in [0, 0.1) is 0 Å². The predicted octanol–water partition coefficient (Wildman–Crippen LogP) is 5.51. The van der Waals surface area contributed by atoms with Crippen molar-refractivity contribution in [1.29, 1.82) is 0 Å². The van der Waals surface area contributed by atoms with Crippen LogP contribution in [0.25, 0.3) is 16.3 Å². The number of imidazole rings is 1. The number of halogens is 1. The van der Waals surface area contributed by atoms with Crippen LogP contribution in [0.4, 0.5) is 5.82 Å². The monoisotopic (exact) mass is 554 g/mol. The Balaban J connectivity index is 1.51. The Morgan fingerprint density at radius 1 is 1.03 bits per heavy atom. The largest absolute Gasteiger partial charge is 0.379 e. The second-order valence-electron chi connectivity index (χ2n) is 9.41. The van der Waals surface area contributed by atoms with Gasteiger partial charge in [-0.1, -0.05) is 70.5 Å². The predicted molar refractivity (Wildman–Crippen MR) is 150 cm³/mol. The SMILES string of the molecule is CC1=C(c2cccc3ccccc23)C(N2CCOCC2)C(=C=O)N1c1cncn1Cc1ccc(Br)cc1. The number of hydrogen-bond acceptors (Lipinski definition) is 5. The van der Waals surface area contributed by atoms with Crippen molar-refractivity contribution in [3.8, 4) is 0 Å². The molecule has 1 fully saturated rings. The smallest absolute Gasteiger partial charge is 0.148 e. The molecule has 0 aliphatic carbocycles. The highest BCUT2D eigenvalue weighted by molar-refractivity contribution is 9.10. The number of anilines is 1. The molecule has 37 heavy (non-hydrogen) atoms. The summed E-state index contributed by atoms with van der Waals surface area (Å²) in [5.74, 6) is 3.20. The molecule has 0 N–H and O–H groups in total. The third-order valence-electron chi connectivity index (χ3n) is 7.28. The summed E-state index contributed by atoms with van der Waals surface area (Å²) in [5.41, 5.74) is 5.04. The molecule has 1 unspecified atom stereocenters. The van der Waals surface area contributed by atoms with Crippen molar-refractivity contribution in [2.24, 2.45) is 0 Å². The molecule has 3 aromatic carbocycles. The van der Waals surface area contributed by atoms with Gasteiger partial charge in [-0.3, -0.25) is 9.80 Å². The lowest BCUT2D eigenvalue weighted by atomic mass is 9.92. The molecule has 1 saturated heterocycles. The maximum Gasteiger partial charge on any atom is 0.148 e. The number of hydrogen-bond donors (Lipinski definition) is 0. The van der Waals surface area contributed by atoms with Crippen molar-refractivity contribution in [2.45, 2.75) is 19.5 Å². The number of nitrogens with zero attached hydrogens (tertiary/aromatic N) is 4. The third-order valence-corrected chi connectivity index (χ3v) is 7.81. The van der Waals surface area contributed by atoms with Gasteiger partial charge in [-0.25, -0.2) is 9.78 Å². The number of rotatable bonds is 5. The Hall–Kier alpha value is -3.48. The molecule has 1 atom stereocenters. The number of carbonyl (C=O) groups excluding carboxylic acids is 1. The lowest BCUT2D eigenvalue weighted by molar-refractivity contribution is 0.0334. The van der Waals surface area contributed by atoms with E-state index in [4.69, 9.17) is 4.74 Å². The van der Waals surface area contributed by atoms with E-state index in [1.807, 2.05) is 24.7 Å². The molecule has 4 aromatic rings. The van der Waals surface area contributed by atoms with E-state index in [9.17, 15) is 4.79 Å². The summed E-state index contributed by atoms with van der Waals surface area (Å²) in [4.78, 5) is 21.6. The number of morpholine rings is 1. The molecule has 0 saturated carbocycles. The van der Waals surface area contributed by atoms with Gasteiger partial charge in [0, 0.05) is 28.8 Å². The van der Waals surface area contributed by atoms with Crippen molar-refractivity contribution < 1.29 is 9.53 Å². The molecule has 1 aromatic heterocycles. The maximum atomic E-state index is 12.7. The molecule has 2 aliphatic heterocycles. The normalized spacial score (nSPS) is 18.6. The highest BCUT2D eigenvalue weighted by Gasteiger charge is 2.42. The van der Waals surface area contributed by atoms with Crippen molar-refractivity contribution in [2.75, 3.05) is 31.2 Å². The molecule has 3 heterocycles. The van der Waals surface area contributed by atoms with Crippen LogP contribution in [0.2, 0.25) is 0 Å². The fourth-order valence-electron chi connectivity index (χ4n) is 5.56. The Morgan fingerprint density at radius 3 is 2.57 bits per heavy atom. The van der Waals surface area contributed by atoms with Crippen molar-refractivity contribution >= 4 is 44.0 Å². The average molecular weight is 555 g/mol. The molecule has 6 nitrogen and oxygen atoms in total. The summed E-state index contributed by atoms with van der Waals surface area (Å²) in [5, 5.41) is 2.35. The molecular weight excluding hydrogens is 528 g/mol. The van der Waals surface area contributed by atoms with Crippen molar-refractivity contribution in [1.82, 2.24) is 14.5 Å². The van der Waals surface area contributed by atoms with Gasteiger partial charge in [0.25, 0.3) is 0 Å². The van der Waals surface area contributed by atoms with E-state index in [0.717, 1.165) is 45.8 Å². The molecule has 0 radical (unpaired) electrons. The molecule has 186 valence electrons. The molecule has 0 spiro atoms. The Morgan fingerprint density at radius 2 is 1.78 bits per heavy atom. The number of allylic oxidation sites excluding steroid dienone is 1. The van der Waals surface area contributed by atoms with Crippen LogP contribution in [-0.4, -0.2) is 52.7 Å². The van der Waals surface area contributed by atoms with Crippen LogP contribution >= 0.6 is 15.9 Å². The van der Waals surface area contributed by atoms with E-state index in [1.54, 1.807) is 0 Å². The zero-order valence-corrected chi connectivity index (χ0v) is 22.2. The highest BCUT2D eigenvalue weighted by atomic mass is 79.9. The first-order chi connectivity index (χ1) is 18.2. The minimum atomic E-state index is -0.219. The highest BCUT2D eigenvalue weighted by Crippen LogP contribution is 2.44. The van der Waals surface area contributed by atoms with E-state index in [1.165, 1.54) is 10.8 Å². The Labute approximate surface area is 224 Å². The van der Waals surface area contributed by atoms with Gasteiger partial charge in [-0.05, 0) is 41.0 Å². The second-order valence-corrected chi connectivity index (χ2v) is 10.3. The topological polar surface area (TPSA) is 50.6 Å². The molecule has 0 amide bonds. The molecule has 6 rings (SSSR count). The summed E-state index contributed by atoms with van der Waals surface area (Å²) >= 11 is 3.51. The molecular formula is C30H27BrN4O2. The van der Waals surface area contributed by atoms with Crippen LogP contribution in [-0.2, 0) is 16.1 Å². The van der Waals surface area contributed by atoms with Crippen LogP contribution in [0.15, 0.2) is 95.1 Å². The van der Waals surface area contributed by atoms with Crippen LogP contribution in [0.1, 0.15) is 18.1 Å². The zero-order valence-electron chi connectivity index (χ0n) is 20.6. The summed E-state index contributed by atoms with van der Waals surface area (Å²) < 4.78 is 8.79. The zero-order chi connectivity index (χ0) is 25.4. The van der Waals surface area contributed by atoms with E-state index in [-0.39, 0.29) is 6.04 Å². The fraction of sp³-hybridized carbons (Fsp3) is 0.233. The standard InChI is InChI=1S/C30H27BrN4O2/c1-21-29(26-8-4-6-23-5-2-3-7-25(23)26)30(33-13-15-37-16-14-33)27(19-36)35(21)28-17-32-20-34(28)18-22-9-11-24(31)12-10-22/h2-12,17,20,30H,13-16,18H2,1H3. The van der Waals surface area contributed by atoms with Gasteiger partial charge in [0.15, 0.2) is 0 Å². The summed E-state index contributed by atoms with van der Waals surface area (Å²) in [6, 6.07) is 22.9. The van der Waals surface area contributed by atoms with Crippen molar-refractivity contribution in [3.05, 3.63) is 106 Å². The minimum absolute atomic E-state index is 0.219. The van der Waals surface area contributed by atoms with Crippen LogP contribution in [0.5, 0.6) is 0 Å². The van der Waals surface area contributed by atoms with Crippen molar-refractivity contribution in [3.63, 3.8) is 0 Å². The van der Waals surface area contributed by atoms with Crippen LogP contribution < -0.4 is 4.90 Å². The third kappa shape index (κ3) is 4.34. The lowest BCUT2D eigenvalue weighted by Crippen LogP contribution is -2.45. The van der Waals surface area contributed by atoms with Gasteiger partial charge in [-0.15, -0.1) is 0 Å². The summed E-state index contributed by atoms with van der Waals surface area (Å²) in [6.45, 7) is 5.54. The fourth-order valence-corrected chi connectivity index (χ4v) is 5.82. The van der Waals surface area contributed by atoms with E-state index in [2.05, 4.69) is 103 Å². The average Bonchev–Trinajstić information content (AvgIpc) is 3.50. The maximum absolute atomic E-state index is 12.7. The minimum Gasteiger partial charge on any atom is -0.379 e. The number of ether oxygens (including phenoxy) is 1. The first-order valence-corrected chi connectivity index (χ1v) is 13.3. The second kappa shape index (κ2) is 10.1. The van der Waals surface area contributed by atoms with Gasteiger partial charge in [0.2, 0.25) is 0 Å². The van der Waals surface area contributed by atoms with Gasteiger partial charge in [0.05, 0.1) is 38.3 Å². The van der Waals surface area contributed by atoms with Gasteiger partial charge < -0.3 is 9.30 Å². The summed E-state index contributed by atoms with van der Waals surface area (Å²) in [6.07, 6.45) is 3.66. The van der Waals surface area contributed by atoms with Crippen LogP contribution in [0.3, 0.4) is 0 Å². The quantitative estimate of drug-likeness (QED) is 0.304. The van der Waals surface area contributed by atoms with E-state index < -0.39 is 0 Å². The number of fused-ring (bicyclic) bond motifs is 1. The van der Waals surface area contributed by atoms with E-state index in [0.29, 0.717) is 25.5 Å². The number of aromatic nitrogens is 2. The van der Waals surface area contributed by atoms with Gasteiger partial charge >= 0.3 is 0 Å². The summed E-state index contributed by atoms with van der Waals surface area (Å²) in [7, 11) is 0. The first-order valence-electron chi connectivity index (χ1n) is 12.5.